The second-order valence-electron chi connectivity index (χ2n) is 7.99. The zero-order valence-corrected chi connectivity index (χ0v) is 19.8. The van der Waals surface area contributed by atoms with Crippen LogP contribution in [0, 0.1) is 10.1 Å². The third-order valence-electron chi connectivity index (χ3n) is 6.01. The van der Waals surface area contributed by atoms with Crippen molar-refractivity contribution >= 4 is 40.3 Å². The first-order valence-corrected chi connectivity index (χ1v) is 11.5. The van der Waals surface area contributed by atoms with E-state index in [0.717, 1.165) is 5.69 Å². The summed E-state index contributed by atoms with van der Waals surface area (Å²) in [6, 6.07) is 12.1. The maximum Gasteiger partial charge on any atom is 0.292 e. The largest absolute Gasteiger partial charge is 0.497 e. The van der Waals surface area contributed by atoms with Crippen molar-refractivity contribution in [1.82, 2.24) is 10.2 Å². The van der Waals surface area contributed by atoms with Crippen LogP contribution in [0.2, 0.25) is 0 Å². The van der Waals surface area contributed by atoms with Gasteiger partial charge in [0.15, 0.2) is 5.11 Å². The first kappa shape index (κ1) is 23.7. The number of hydrogen-bond donors (Lipinski definition) is 1. The van der Waals surface area contributed by atoms with Gasteiger partial charge in [-0.15, -0.1) is 0 Å². The Kier molecular flexibility index (Phi) is 7.43. The number of nitrogens with zero attached hydrogens (tertiary/aromatic N) is 4. The Morgan fingerprint density at radius 2 is 1.71 bits per heavy atom. The normalized spacial score (nSPS) is 16.2. The Labute approximate surface area is 203 Å². The average molecular weight is 486 g/mol. The van der Waals surface area contributed by atoms with E-state index in [2.05, 4.69) is 10.2 Å². The first-order valence-electron chi connectivity index (χ1n) is 11.1. The number of nitro benzene ring substituents is 1. The van der Waals surface area contributed by atoms with Crippen LogP contribution >= 0.6 is 12.2 Å². The number of piperazine rings is 1. The van der Waals surface area contributed by atoms with Crippen molar-refractivity contribution in [3.05, 3.63) is 58.1 Å². The van der Waals surface area contributed by atoms with Crippen molar-refractivity contribution in [2.24, 2.45) is 0 Å². The summed E-state index contributed by atoms with van der Waals surface area (Å²) < 4.78 is 10.5. The van der Waals surface area contributed by atoms with Gasteiger partial charge in [0.2, 0.25) is 0 Å². The molecular weight excluding hydrogens is 458 g/mol. The second kappa shape index (κ2) is 10.7. The zero-order valence-electron chi connectivity index (χ0n) is 18.9. The van der Waals surface area contributed by atoms with E-state index in [0.29, 0.717) is 74.6 Å². The predicted octanol–water partition coefficient (Wildman–Crippen LogP) is 2.28. The molecule has 0 aliphatic carbocycles. The molecule has 1 N–H and O–H groups in total. The number of carbonyl (C=O) groups excluding carboxylic acids is 1. The number of hydrogen-bond acceptors (Lipinski definition) is 8. The molecule has 2 aromatic carbocycles. The minimum atomic E-state index is -0.337. The van der Waals surface area contributed by atoms with E-state index in [-0.39, 0.29) is 16.5 Å². The Morgan fingerprint density at radius 3 is 2.32 bits per heavy atom. The summed E-state index contributed by atoms with van der Waals surface area (Å²) in [5.41, 5.74) is 2.16. The molecule has 2 saturated heterocycles. The highest BCUT2D eigenvalue weighted by atomic mass is 32.1. The number of morpholine rings is 1. The monoisotopic (exact) mass is 485 g/mol. The lowest BCUT2D eigenvalue weighted by molar-refractivity contribution is -0.384. The maximum absolute atomic E-state index is 12.5. The van der Waals surface area contributed by atoms with Gasteiger partial charge in [-0.3, -0.25) is 20.2 Å². The van der Waals surface area contributed by atoms with E-state index in [9.17, 15) is 14.9 Å². The number of ether oxygens (including phenoxy) is 2. The van der Waals surface area contributed by atoms with E-state index in [1.807, 2.05) is 15.9 Å². The summed E-state index contributed by atoms with van der Waals surface area (Å²) in [6.45, 7) is 4.98. The summed E-state index contributed by atoms with van der Waals surface area (Å²) in [7, 11) is 1.57. The first-order chi connectivity index (χ1) is 16.5. The van der Waals surface area contributed by atoms with Gasteiger partial charge in [-0.1, -0.05) is 0 Å². The van der Waals surface area contributed by atoms with Crippen LogP contribution in [-0.4, -0.2) is 80.4 Å². The zero-order chi connectivity index (χ0) is 24.1. The molecule has 0 radical (unpaired) electrons. The van der Waals surface area contributed by atoms with Crippen LogP contribution in [0.25, 0.3) is 0 Å². The third kappa shape index (κ3) is 5.37. The molecule has 2 fully saturated rings. The highest BCUT2D eigenvalue weighted by molar-refractivity contribution is 7.80. The van der Waals surface area contributed by atoms with Gasteiger partial charge in [0, 0.05) is 56.6 Å². The number of methoxy groups -OCH3 is 1. The molecule has 2 aliphatic rings. The molecule has 0 saturated carbocycles. The topological polar surface area (TPSA) is 100 Å². The number of benzene rings is 2. The Bertz CT molecular complexity index is 1050. The minimum Gasteiger partial charge on any atom is -0.497 e. The lowest BCUT2D eigenvalue weighted by Crippen LogP contribution is -2.52. The van der Waals surface area contributed by atoms with E-state index in [1.165, 1.54) is 0 Å². The van der Waals surface area contributed by atoms with Gasteiger partial charge in [-0.05, 0) is 48.6 Å². The number of rotatable bonds is 5. The molecule has 0 spiro atoms. The number of carbonyl (C=O) groups is 1. The van der Waals surface area contributed by atoms with Crippen LogP contribution in [-0.2, 0) is 4.74 Å². The second-order valence-corrected chi connectivity index (χ2v) is 8.38. The molecule has 2 aliphatic heterocycles. The summed E-state index contributed by atoms with van der Waals surface area (Å²) in [4.78, 5) is 29.9. The average Bonchev–Trinajstić information content (AvgIpc) is 2.89. The van der Waals surface area contributed by atoms with Crippen molar-refractivity contribution < 1.29 is 19.2 Å². The SMILES string of the molecule is COc1ccc(C(=O)NC(=S)N2CCN(c3ccc([N+](=O)[O-])c(N4CCOCC4)c3)CC2)cc1. The van der Waals surface area contributed by atoms with Crippen molar-refractivity contribution in [2.75, 3.05) is 69.4 Å². The van der Waals surface area contributed by atoms with Gasteiger partial charge in [-0.25, -0.2) is 0 Å². The predicted molar refractivity (Wildman–Crippen MR) is 133 cm³/mol. The Balaban J connectivity index is 1.37. The van der Waals surface area contributed by atoms with Gasteiger partial charge in [0.25, 0.3) is 11.6 Å². The standard InChI is InChI=1S/C23H27N5O5S/c1-32-19-5-2-17(3-6-19)22(29)24-23(34)27-10-8-25(9-11-27)18-4-7-20(28(30)31)21(16-18)26-12-14-33-15-13-26/h2-7,16H,8-15H2,1H3,(H,24,29,34). The lowest BCUT2D eigenvalue weighted by atomic mass is 10.1. The molecule has 0 unspecified atom stereocenters. The molecule has 10 nitrogen and oxygen atoms in total. The van der Waals surface area contributed by atoms with Crippen molar-refractivity contribution in [1.29, 1.82) is 0 Å². The summed E-state index contributed by atoms with van der Waals surface area (Å²) >= 11 is 5.46. The molecule has 34 heavy (non-hydrogen) atoms. The molecule has 2 heterocycles. The fraction of sp³-hybridized carbons (Fsp3) is 0.391. The van der Waals surface area contributed by atoms with Crippen LogP contribution in [0.3, 0.4) is 0 Å². The fourth-order valence-corrected chi connectivity index (χ4v) is 4.35. The maximum atomic E-state index is 12.5. The van der Waals surface area contributed by atoms with Crippen LogP contribution < -0.4 is 19.9 Å². The van der Waals surface area contributed by atoms with E-state index < -0.39 is 0 Å². The lowest BCUT2D eigenvalue weighted by Gasteiger charge is -2.37. The molecule has 180 valence electrons. The Morgan fingerprint density at radius 1 is 1.03 bits per heavy atom. The third-order valence-corrected chi connectivity index (χ3v) is 6.37. The number of anilines is 2. The van der Waals surface area contributed by atoms with Crippen LogP contribution in [0.1, 0.15) is 10.4 Å². The quantitative estimate of drug-likeness (QED) is 0.388. The molecule has 0 atom stereocenters. The smallest absolute Gasteiger partial charge is 0.292 e. The van der Waals surface area contributed by atoms with Gasteiger partial charge in [0.1, 0.15) is 11.4 Å². The highest BCUT2D eigenvalue weighted by Crippen LogP contribution is 2.33. The molecule has 0 aromatic heterocycles. The molecular formula is C23H27N5O5S. The van der Waals surface area contributed by atoms with E-state index >= 15 is 0 Å². The highest BCUT2D eigenvalue weighted by Gasteiger charge is 2.25. The van der Waals surface area contributed by atoms with Crippen molar-refractivity contribution in [2.45, 2.75) is 0 Å². The van der Waals surface area contributed by atoms with E-state index in [1.54, 1.807) is 43.5 Å². The van der Waals surface area contributed by atoms with Crippen molar-refractivity contribution in [3.63, 3.8) is 0 Å². The van der Waals surface area contributed by atoms with Gasteiger partial charge in [0.05, 0.1) is 25.2 Å². The van der Waals surface area contributed by atoms with Gasteiger partial charge < -0.3 is 24.2 Å². The van der Waals surface area contributed by atoms with Gasteiger partial charge >= 0.3 is 0 Å². The summed E-state index contributed by atoms with van der Waals surface area (Å²) in [5, 5.41) is 14.7. The molecule has 4 rings (SSSR count). The summed E-state index contributed by atoms with van der Waals surface area (Å²) in [5.74, 6) is 0.416. The van der Waals surface area contributed by atoms with Crippen LogP contribution in [0.4, 0.5) is 17.1 Å². The fourth-order valence-electron chi connectivity index (χ4n) is 4.08. The minimum absolute atomic E-state index is 0.103. The molecule has 1 amide bonds. The number of thiocarbonyl (C=S) groups is 1. The molecule has 11 heteroatoms. The van der Waals surface area contributed by atoms with Crippen LogP contribution in [0.15, 0.2) is 42.5 Å². The summed E-state index contributed by atoms with van der Waals surface area (Å²) in [6.07, 6.45) is 0. The van der Waals surface area contributed by atoms with Gasteiger partial charge in [-0.2, -0.15) is 0 Å². The molecule has 0 bridgehead atoms. The van der Waals surface area contributed by atoms with Crippen LogP contribution in [0.5, 0.6) is 5.75 Å². The molecule has 2 aromatic rings. The van der Waals surface area contributed by atoms with E-state index in [4.69, 9.17) is 21.7 Å². The van der Waals surface area contributed by atoms with Crippen molar-refractivity contribution in [3.8, 4) is 5.75 Å². The number of nitro groups is 1. The number of amides is 1. The Hall–Kier alpha value is -3.44. The number of nitrogens with one attached hydrogen (secondary N) is 1.